The molecule has 28 heavy (non-hydrogen) atoms. The lowest BCUT2D eigenvalue weighted by Gasteiger charge is -2.23. The molecule has 0 bridgehead atoms. The van der Waals surface area contributed by atoms with Crippen molar-refractivity contribution in [3.63, 3.8) is 0 Å². The van der Waals surface area contributed by atoms with Gasteiger partial charge in [-0.05, 0) is 61.3 Å². The van der Waals surface area contributed by atoms with E-state index in [-0.39, 0.29) is 0 Å². The lowest BCUT2D eigenvalue weighted by atomic mass is 10.1. The molecule has 0 radical (unpaired) electrons. The molecular formula is C22H28Cl2N2O2. The fourth-order valence-corrected chi connectivity index (χ4v) is 4.09. The van der Waals surface area contributed by atoms with Crippen molar-refractivity contribution >= 4 is 23.2 Å². The normalized spacial score (nSPS) is 17.1. The second-order valence-corrected chi connectivity index (χ2v) is 7.92. The maximum absolute atomic E-state index is 6.49. The highest BCUT2D eigenvalue weighted by Gasteiger charge is 2.22. The minimum atomic E-state index is 0.402. The molecule has 3 rings (SSSR count). The number of hydrogen-bond acceptors (Lipinski definition) is 4. The van der Waals surface area contributed by atoms with Crippen molar-refractivity contribution in [3.05, 3.63) is 57.6 Å². The first-order chi connectivity index (χ1) is 13.6. The van der Waals surface area contributed by atoms with E-state index in [0.29, 0.717) is 34.2 Å². The molecule has 0 aromatic heterocycles. The number of nitrogens with one attached hydrogen (secondary N) is 1. The Labute approximate surface area is 177 Å². The van der Waals surface area contributed by atoms with Gasteiger partial charge in [-0.3, -0.25) is 4.90 Å². The molecule has 1 heterocycles. The number of hydrogen-bond donors (Lipinski definition) is 1. The summed E-state index contributed by atoms with van der Waals surface area (Å²) in [5, 5.41) is 4.82. The van der Waals surface area contributed by atoms with Gasteiger partial charge in [-0.25, -0.2) is 0 Å². The molecule has 1 aliphatic rings. The second-order valence-electron chi connectivity index (χ2n) is 7.08. The van der Waals surface area contributed by atoms with Crippen molar-refractivity contribution in [1.82, 2.24) is 10.2 Å². The fraction of sp³-hybridized carbons (Fsp3) is 0.455. The van der Waals surface area contributed by atoms with E-state index < -0.39 is 0 Å². The first kappa shape index (κ1) is 21.3. The third-order valence-electron chi connectivity index (χ3n) is 5.20. The predicted octanol–water partition coefficient (Wildman–Crippen LogP) is 5.15. The van der Waals surface area contributed by atoms with Crippen LogP contribution in [-0.2, 0) is 13.2 Å². The van der Waals surface area contributed by atoms with Gasteiger partial charge < -0.3 is 14.8 Å². The Balaban J connectivity index is 1.59. The third kappa shape index (κ3) is 5.54. The van der Waals surface area contributed by atoms with E-state index in [1.165, 1.54) is 19.4 Å². The van der Waals surface area contributed by atoms with Crippen molar-refractivity contribution in [1.29, 1.82) is 0 Å². The Morgan fingerprint density at radius 2 is 1.93 bits per heavy atom. The number of methoxy groups -OCH3 is 1. The van der Waals surface area contributed by atoms with Crippen molar-refractivity contribution < 1.29 is 9.47 Å². The van der Waals surface area contributed by atoms with Crippen LogP contribution >= 0.6 is 23.2 Å². The van der Waals surface area contributed by atoms with Crippen LogP contribution in [0.5, 0.6) is 11.5 Å². The van der Waals surface area contributed by atoms with Gasteiger partial charge in [0.1, 0.15) is 6.61 Å². The SMILES string of the molecule is CCN1CCCC1CNCc1cc(Cl)c(OCc2ccc(Cl)cc2)c(OC)c1. The summed E-state index contributed by atoms with van der Waals surface area (Å²) in [5.41, 5.74) is 2.10. The van der Waals surface area contributed by atoms with Gasteiger partial charge in [0.15, 0.2) is 11.5 Å². The van der Waals surface area contributed by atoms with Crippen molar-refractivity contribution in [3.8, 4) is 11.5 Å². The van der Waals surface area contributed by atoms with Crippen LogP contribution in [0.1, 0.15) is 30.9 Å². The van der Waals surface area contributed by atoms with Crippen LogP contribution in [0, 0.1) is 0 Å². The molecule has 0 saturated carbocycles. The van der Waals surface area contributed by atoms with Crippen LogP contribution in [-0.4, -0.2) is 37.7 Å². The van der Waals surface area contributed by atoms with Crippen LogP contribution < -0.4 is 14.8 Å². The first-order valence-electron chi connectivity index (χ1n) is 9.79. The molecule has 0 amide bonds. The molecule has 2 aromatic carbocycles. The molecule has 0 spiro atoms. The molecule has 1 saturated heterocycles. The number of halogens is 2. The molecular weight excluding hydrogens is 395 g/mol. The van der Waals surface area contributed by atoms with Gasteiger partial charge in [-0.1, -0.05) is 42.3 Å². The summed E-state index contributed by atoms with van der Waals surface area (Å²) in [4.78, 5) is 2.54. The van der Waals surface area contributed by atoms with Gasteiger partial charge in [0.05, 0.1) is 12.1 Å². The van der Waals surface area contributed by atoms with Crippen LogP contribution in [0.25, 0.3) is 0 Å². The first-order valence-corrected chi connectivity index (χ1v) is 10.5. The molecule has 0 aliphatic carbocycles. The van der Waals surface area contributed by atoms with E-state index in [1.807, 2.05) is 36.4 Å². The monoisotopic (exact) mass is 422 g/mol. The van der Waals surface area contributed by atoms with E-state index in [9.17, 15) is 0 Å². The smallest absolute Gasteiger partial charge is 0.180 e. The molecule has 1 unspecified atom stereocenters. The zero-order valence-electron chi connectivity index (χ0n) is 16.5. The summed E-state index contributed by atoms with van der Waals surface area (Å²) in [5.74, 6) is 1.21. The number of likely N-dealkylation sites (N-methyl/N-ethyl adjacent to an activating group) is 1. The van der Waals surface area contributed by atoms with Gasteiger partial charge in [-0.2, -0.15) is 0 Å². The van der Waals surface area contributed by atoms with E-state index in [0.717, 1.165) is 30.8 Å². The Bertz CT molecular complexity index is 768. The largest absolute Gasteiger partial charge is 0.493 e. The topological polar surface area (TPSA) is 33.7 Å². The zero-order chi connectivity index (χ0) is 19.9. The van der Waals surface area contributed by atoms with Crippen LogP contribution in [0.3, 0.4) is 0 Å². The molecule has 4 nitrogen and oxygen atoms in total. The summed E-state index contributed by atoms with van der Waals surface area (Å²) < 4.78 is 11.4. The highest BCUT2D eigenvalue weighted by atomic mass is 35.5. The van der Waals surface area contributed by atoms with Gasteiger partial charge in [0, 0.05) is 24.2 Å². The summed E-state index contributed by atoms with van der Waals surface area (Å²) >= 11 is 12.4. The summed E-state index contributed by atoms with van der Waals surface area (Å²) in [6, 6.07) is 12.1. The second kappa shape index (κ2) is 10.4. The maximum atomic E-state index is 6.49. The number of rotatable bonds is 9. The Morgan fingerprint density at radius 1 is 1.14 bits per heavy atom. The molecule has 1 fully saturated rings. The van der Waals surface area contributed by atoms with E-state index in [1.54, 1.807) is 7.11 Å². The molecule has 1 atom stereocenters. The number of nitrogens with zero attached hydrogens (tertiary/aromatic N) is 1. The lowest BCUT2D eigenvalue weighted by molar-refractivity contribution is 0.260. The standard InChI is InChI=1S/C22H28Cl2N2O2/c1-3-26-10-4-5-19(26)14-25-13-17-11-20(24)22(21(12-17)27-2)28-15-16-6-8-18(23)9-7-16/h6-9,11-12,19,25H,3-5,10,13-15H2,1-2H3. The maximum Gasteiger partial charge on any atom is 0.180 e. The van der Waals surface area contributed by atoms with E-state index in [4.69, 9.17) is 32.7 Å². The summed E-state index contributed by atoms with van der Waals surface area (Å²) in [6.07, 6.45) is 2.56. The van der Waals surface area contributed by atoms with Crippen LogP contribution in [0.4, 0.5) is 0 Å². The van der Waals surface area contributed by atoms with Gasteiger partial charge in [0.25, 0.3) is 0 Å². The Kier molecular flexibility index (Phi) is 7.86. The Morgan fingerprint density at radius 3 is 2.64 bits per heavy atom. The van der Waals surface area contributed by atoms with E-state index >= 15 is 0 Å². The lowest BCUT2D eigenvalue weighted by Crippen LogP contribution is -2.37. The fourth-order valence-electron chi connectivity index (χ4n) is 3.68. The average molecular weight is 423 g/mol. The molecule has 2 aromatic rings. The Hall–Kier alpha value is -1.46. The zero-order valence-corrected chi connectivity index (χ0v) is 18.0. The highest BCUT2D eigenvalue weighted by Crippen LogP contribution is 2.37. The van der Waals surface area contributed by atoms with Crippen molar-refractivity contribution in [2.24, 2.45) is 0 Å². The minimum absolute atomic E-state index is 0.402. The van der Waals surface area contributed by atoms with E-state index in [2.05, 4.69) is 17.1 Å². The third-order valence-corrected chi connectivity index (χ3v) is 5.73. The van der Waals surface area contributed by atoms with Crippen LogP contribution in [0.15, 0.2) is 36.4 Å². The van der Waals surface area contributed by atoms with Crippen molar-refractivity contribution in [2.75, 3.05) is 26.7 Å². The number of likely N-dealkylation sites (tertiary alicyclic amines) is 1. The van der Waals surface area contributed by atoms with Gasteiger partial charge in [-0.15, -0.1) is 0 Å². The minimum Gasteiger partial charge on any atom is -0.493 e. The highest BCUT2D eigenvalue weighted by molar-refractivity contribution is 6.32. The summed E-state index contributed by atoms with van der Waals surface area (Å²) in [6.45, 7) is 6.70. The van der Waals surface area contributed by atoms with Crippen molar-refractivity contribution in [2.45, 2.75) is 39.0 Å². The number of benzene rings is 2. The van der Waals surface area contributed by atoms with Crippen LogP contribution in [0.2, 0.25) is 10.0 Å². The molecule has 1 aliphatic heterocycles. The van der Waals surface area contributed by atoms with Gasteiger partial charge in [0.2, 0.25) is 0 Å². The summed E-state index contributed by atoms with van der Waals surface area (Å²) in [7, 11) is 1.63. The quantitative estimate of drug-likeness (QED) is 0.605. The number of ether oxygens (including phenoxy) is 2. The molecule has 152 valence electrons. The average Bonchev–Trinajstić information content (AvgIpc) is 3.15. The predicted molar refractivity (Wildman–Crippen MR) is 116 cm³/mol. The van der Waals surface area contributed by atoms with Gasteiger partial charge >= 0.3 is 0 Å². The molecule has 1 N–H and O–H groups in total. The molecule has 6 heteroatoms.